The third-order valence-electron chi connectivity index (χ3n) is 2.14. The maximum absolute atomic E-state index is 6.09. The zero-order valence-corrected chi connectivity index (χ0v) is 9.90. The lowest BCUT2D eigenvalue weighted by Gasteiger charge is -2.09. The summed E-state index contributed by atoms with van der Waals surface area (Å²) in [4.78, 5) is 5.23. The van der Waals surface area contributed by atoms with Crippen LogP contribution in [0.3, 0.4) is 0 Å². The first-order valence-corrected chi connectivity index (χ1v) is 5.89. The standard InChI is InChI=1S/C11H11ClN2S/c1-8-3-2-4-10(12)11(8)14-6-9-5-13-7-15-9/h2-5,7,14H,6H2,1H3. The minimum absolute atomic E-state index is 0.763. The highest BCUT2D eigenvalue weighted by molar-refractivity contribution is 7.09. The Balaban J connectivity index is 2.11. The van der Waals surface area contributed by atoms with Crippen LogP contribution in [0.2, 0.25) is 5.02 Å². The van der Waals surface area contributed by atoms with Gasteiger partial charge in [-0.1, -0.05) is 23.7 Å². The van der Waals surface area contributed by atoms with Gasteiger partial charge in [0.1, 0.15) is 0 Å². The van der Waals surface area contributed by atoms with Gasteiger partial charge in [-0.2, -0.15) is 0 Å². The fourth-order valence-corrected chi connectivity index (χ4v) is 2.18. The third kappa shape index (κ3) is 2.49. The molecule has 0 aliphatic carbocycles. The van der Waals surface area contributed by atoms with Gasteiger partial charge >= 0.3 is 0 Å². The van der Waals surface area contributed by atoms with Crippen molar-refractivity contribution in [2.24, 2.45) is 0 Å². The fraction of sp³-hybridized carbons (Fsp3) is 0.182. The molecular formula is C11H11ClN2S. The Morgan fingerprint density at radius 1 is 1.47 bits per heavy atom. The first-order valence-electron chi connectivity index (χ1n) is 4.64. The maximum Gasteiger partial charge on any atom is 0.0794 e. The average Bonchev–Trinajstić information content (AvgIpc) is 2.70. The van der Waals surface area contributed by atoms with Crippen LogP contribution in [0, 0.1) is 6.92 Å². The van der Waals surface area contributed by atoms with Crippen LogP contribution in [0.1, 0.15) is 10.4 Å². The van der Waals surface area contributed by atoms with E-state index in [4.69, 9.17) is 11.6 Å². The lowest BCUT2D eigenvalue weighted by atomic mass is 10.2. The monoisotopic (exact) mass is 238 g/mol. The Bertz CT molecular complexity index is 420. The highest BCUT2D eigenvalue weighted by Gasteiger charge is 2.03. The van der Waals surface area contributed by atoms with E-state index in [1.807, 2.05) is 36.8 Å². The molecule has 0 aliphatic heterocycles. The number of rotatable bonds is 3. The third-order valence-corrected chi connectivity index (χ3v) is 3.24. The SMILES string of the molecule is Cc1cccc(Cl)c1NCc1cncs1. The molecule has 78 valence electrons. The molecule has 2 aromatic rings. The molecule has 2 rings (SSSR count). The number of aryl methyl sites for hydroxylation is 1. The Morgan fingerprint density at radius 3 is 3.00 bits per heavy atom. The highest BCUT2D eigenvalue weighted by atomic mass is 35.5. The summed E-state index contributed by atoms with van der Waals surface area (Å²) >= 11 is 7.73. The van der Waals surface area contributed by atoms with Crippen LogP contribution in [0.5, 0.6) is 0 Å². The number of anilines is 1. The van der Waals surface area contributed by atoms with Crippen molar-refractivity contribution in [2.75, 3.05) is 5.32 Å². The molecule has 0 saturated heterocycles. The Kier molecular flexibility index (Phi) is 3.23. The number of nitrogens with zero attached hydrogens (tertiary/aromatic N) is 1. The van der Waals surface area contributed by atoms with Crippen molar-refractivity contribution in [2.45, 2.75) is 13.5 Å². The first kappa shape index (κ1) is 10.5. The van der Waals surface area contributed by atoms with Crippen molar-refractivity contribution < 1.29 is 0 Å². The van der Waals surface area contributed by atoms with E-state index in [0.717, 1.165) is 22.8 Å². The summed E-state index contributed by atoms with van der Waals surface area (Å²) in [5, 5.41) is 4.09. The molecule has 0 spiro atoms. The van der Waals surface area contributed by atoms with Gasteiger partial charge in [0.25, 0.3) is 0 Å². The average molecular weight is 239 g/mol. The van der Waals surface area contributed by atoms with Crippen molar-refractivity contribution in [1.29, 1.82) is 0 Å². The lowest BCUT2D eigenvalue weighted by Crippen LogP contribution is -1.99. The summed E-state index contributed by atoms with van der Waals surface area (Å²) in [6.45, 7) is 2.82. The topological polar surface area (TPSA) is 24.9 Å². The summed E-state index contributed by atoms with van der Waals surface area (Å²) < 4.78 is 0. The lowest BCUT2D eigenvalue weighted by molar-refractivity contribution is 1.16. The van der Waals surface area contributed by atoms with Gasteiger partial charge in [-0.05, 0) is 18.6 Å². The summed E-state index contributed by atoms with van der Waals surface area (Å²) in [5.74, 6) is 0. The van der Waals surface area contributed by atoms with Crippen LogP contribution < -0.4 is 5.32 Å². The van der Waals surface area contributed by atoms with Crippen molar-refractivity contribution in [3.63, 3.8) is 0 Å². The Hall–Kier alpha value is -1.06. The van der Waals surface area contributed by atoms with Gasteiger partial charge < -0.3 is 5.32 Å². The smallest absolute Gasteiger partial charge is 0.0794 e. The molecule has 1 aromatic heterocycles. The van der Waals surface area contributed by atoms with Crippen LogP contribution in [-0.4, -0.2) is 4.98 Å². The van der Waals surface area contributed by atoms with Crippen LogP contribution in [0.4, 0.5) is 5.69 Å². The van der Waals surface area contributed by atoms with Crippen LogP contribution in [0.15, 0.2) is 29.9 Å². The minimum atomic E-state index is 0.763. The molecule has 0 atom stereocenters. The largest absolute Gasteiger partial charge is 0.379 e. The van der Waals surface area contributed by atoms with Crippen LogP contribution >= 0.6 is 22.9 Å². The zero-order chi connectivity index (χ0) is 10.7. The molecule has 0 radical (unpaired) electrons. The van der Waals surface area contributed by atoms with Gasteiger partial charge in [0, 0.05) is 11.1 Å². The molecule has 0 aliphatic rings. The maximum atomic E-state index is 6.09. The van der Waals surface area contributed by atoms with E-state index < -0.39 is 0 Å². The molecule has 0 saturated carbocycles. The van der Waals surface area contributed by atoms with Crippen molar-refractivity contribution >= 4 is 28.6 Å². The van der Waals surface area contributed by atoms with Crippen molar-refractivity contribution in [1.82, 2.24) is 4.98 Å². The number of hydrogen-bond acceptors (Lipinski definition) is 3. The number of hydrogen-bond donors (Lipinski definition) is 1. The molecule has 0 fully saturated rings. The van der Waals surface area contributed by atoms with E-state index in [9.17, 15) is 0 Å². The molecule has 1 heterocycles. The Labute approximate surface area is 97.9 Å². The van der Waals surface area contributed by atoms with Crippen molar-refractivity contribution in [3.05, 3.63) is 45.4 Å². The second kappa shape index (κ2) is 4.64. The molecule has 4 heteroatoms. The van der Waals surface area contributed by atoms with Gasteiger partial charge in [-0.15, -0.1) is 11.3 Å². The number of halogens is 1. The number of nitrogens with one attached hydrogen (secondary N) is 1. The molecule has 2 nitrogen and oxygen atoms in total. The Morgan fingerprint density at radius 2 is 2.33 bits per heavy atom. The van der Waals surface area contributed by atoms with E-state index in [-0.39, 0.29) is 0 Å². The quantitative estimate of drug-likeness (QED) is 0.882. The fourth-order valence-electron chi connectivity index (χ4n) is 1.36. The van der Waals surface area contributed by atoms with Gasteiger partial charge in [0.05, 0.1) is 22.8 Å². The minimum Gasteiger partial charge on any atom is -0.379 e. The second-order valence-electron chi connectivity index (χ2n) is 3.25. The molecule has 1 N–H and O–H groups in total. The molecule has 0 unspecified atom stereocenters. The van der Waals surface area contributed by atoms with Crippen LogP contribution in [-0.2, 0) is 6.54 Å². The van der Waals surface area contributed by atoms with E-state index in [0.29, 0.717) is 0 Å². The number of benzene rings is 1. The van der Waals surface area contributed by atoms with E-state index in [1.165, 1.54) is 4.88 Å². The number of thiazole rings is 1. The summed E-state index contributed by atoms with van der Waals surface area (Å²) in [7, 11) is 0. The van der Waals surface area contributed by atoms with Crippen LogP contribution in [0.25, 0.3) is 0 Å². The van der Waals surface area contributed by atoms with Gasteiger partial charge in [0.2, 0.25) is 0 Å². The van der Waals surface area contributed by atoms with Gasteiger partial charge in [-0.3, -0.25) is 4.98 Å². The molecule has 0 bridgehead atoms. The zero-order valence-electron chi connectivity index (χ0n) is 8.33. The molecular weight excluding hydrogens is 228 g/mol. The second-order valence-corrected chi connectivity index (χ2v) is 4.63. The van der Waals surface area contributed by atoms with Crippen molar-refractivity contribution in [3.8, 4) is 0 Å². The van der Waals surface area contributed by atoms with E-state index in [1.54, 1.807) is 11.3 Å². The first-order chi connectivity index (χ1) is 7.27. The molecule has 1 aromatic carbocycles. The number of aromatic nitrogens is 1. The molecule has 0 amide bonds. The molecule has 15 heavy (non-hydrogen) atoms. The summed E-state index contributed by atoms with van der Waals surface area (Å²) in [6, 6.07) is 5.89. The van der Waals surface area contributed by atoms with Gasteiger partial charge in [0.15, 0.2) is 0 Å². The predicted molar refractivity (Wildman–Crippen MR) is 65.6 cm³/mol. The highest BCUT2D eigenvalue weighted by Crippen LogP contribution is 2.25. The van der Waals surface area contributed by atoms with Gasteiger partial charge in [-0.25, -0.2) is 0 Å². The normalized spacial score (nSPS) is 10.3. The summed E-state index contributed by atoms with van der Waals surface area (Å²) in [5.41, 5.74) is 4.00. The summed E-state index contributed by atoms with van der Waals surface area (Å²) in [6.07, 6.45) is 1.86. The predicted octanol–water partition coefficient (Wildman–Crippen LogP) is 3.72. The van der Waals surface area contributed by atoms with E-state index >= 15 is 0 Å². The number of para-hydroxylation sites is 1. The van der Waals surface area contributed by atoms with E-state index in [2.05, 4.69) is 10.3 Å².